The van der Waals surface area contributed by atoms with Crippen LogP contribution in [0.1, 0.15) is 37.9 Å². The molecule has 3 nitrogen and oxygen atoms in total. The molecule has 22 heavy (non-hydrogen) atoms. The molecule has 3 fully saturated rings. The molecule has 2 aromatic rings. The lowest BCUT2D eigenvalue weighted by atomic mass is 9.72. The Labute approximate surface area is 132 Å². The number of para-hydroxylation sites is 1. The molecule has 3 aliphatic heterocycles. The highest BCUT2D eigenvalue weighted by molar-refractivity contribution is 5.82. The maximum absolute atomic E-state index is 11.1. The fraction of sp³-hybridized carbons (Fsp3) is 0.526. The number of aliphatic hydroxyl groups is 1. The second kappa shape index (κ2) is 5.64. The summed E-state index contributed by atoms with van der Waals surface area (Å²) < 4.78 is 0. The smallest absolute Gasteiger partial charge is 0.0952 e. The van der Waals surface area contributed by atoms with E-state index in [0.717, 1.165) is 47.8 Å². The number of rotatable bonds is 3. The molecule has 4 heterocycles. The quantitative estimate of drug-likeness (QED) is 0.943. The first kappa shape index (κ1) is 14.2. The van der Waals surface area contributed by atoms with Gasteiger partial charge in [-0.15, -0.1) is 0 Å². The first-order valence-corrected chi connectivity index (χ1v) is 8.53. The molecular formula is C19H24N2O. The van der Waals surface area contributed by atoms with Gasteiger partial charge in [0.25, 0.3) is 0 Å². The summed E-state index contributed by atoms with van der Waals surface area (Å²) >= 11 is 0. The molecule has 1 aromatic carbocycles. The van der Waals surface area contributed by atoms with E-state index in [-0.39, 0.29) is 6.04 Å². The van der Waals surface area contributed by atoms with Crippen molar-refractivity contribution in [1.82, 2.24) is 9.88 Å². The minimum atomic E-state index is -0.409. The molecule has 0 radical (unpaired) electrons. The minimum absolute atomic E-state index is 0.271. The second-order valence-electron chi connectivity index (χ2n) is 6.88. The summed E-state index contributed by atoms with van der Waals surface area (Å²) in [6.45, 7) is 4.60. The van der Waals surface area contributed by atoms with E-state index < -0.39 is 6.10 Å². The molecule has 0 amide bonds. The zero-order valence-electron chi connectivity index (χ0n) is 13.2. The predicted molar refractivity (Wildman–Crippen MR) is 88.6 cm³/mol. The fourth-order valence-electron chi connectivity index (χ4n) is 4.55. The van der Waals surface area contributed by atoms with Crippen LogP contribution in [0.5, 0.6) is 0 Å². The zero-order valence-corrected chi connectivity index (χ0v) is 13.2. The molecule has 3 heteroatoms. The van der Waals surface area contributed by atoms with Crippen LogP contribution >= 0.6 is 0 Å². The Balaban J connectivity index is 1.66. The molecule has 1 aromatic heterocycles. The van der Waals surface area contributed by atoms with E-state index in [2.05, 4.69) is 22.9 Å². The van der Waals surface area contributed by atoms with Crippen LogP contribution in [0.15, 0.2) is 36.5 Å². The Morgan fingerprint density at radius 3 is 2.95 bits per heavy atom. The Morgan fingerprint density at radius 2 is 2.18 bits per heavy atom. The lowest BCUT2D eigenvalue weighted by Crippen LogP contribution is -2.55. The SMILES string of the molecule is CC[C@H]1CN2CC[C@@H]1C[C@@H]2[C@H](O)c1ccnc2ccccc12. The zero-order chi connectivity index (χ0) is 15.1. The van der Waals surface area contributed by atoms with Crippen molar-refractivity contribution in [2.75, 3.05) is 13.1 Å². The van der Waals surface area contributed by atoms with Gasteiger partial charge in [-0.05, 0) is 48.9 Å². The van der Waals surface area contributed by atoms with Crippen LogP contribution in [0, 0.1) is 11.8 Å². The maximum atomic E-state index is 11.1. The predicted octanol–water partition coefficient (Wildman–Crippen LogP) is 3.39. The van der Waals surface area contributed by atoms with Crippen LogP contribution < -0.4 is 0 Å². The molecule has 0 saturated carbocycles. The highest BCUT2D eigenvalue weighted by Gasteiger charge is 2.42. The van der Waals surface area contributed by atoms with Gasteiger partial charge in [-0.3, -0.25) is 9.88 Å². The van der Waals surface area contributed by atoms with Gasteiger partial charge in [-0.1, -0.05) is 31.5 Å². The second-order valence-corrected chi connectivity index (χ2v) is 6.88. The monoisotopic (exact) mass is 296 g/mol. The summed E-state index contributed by atoms with van der Waals surface area (Å²) in [6.07, 6.45) is 5.12. The normalized spacial score (nSPS) is 32.3. The van der Waals surface area contributed by atoms with Crippen molar-refractivity contribution in [2.45, 2.75) is 38.3 Å². The fourth-order valence-corrected chi connectivity index (χ4v) is 4.55. The van der Waals surface area contributed by atoms with Crippen molar-refractivity contribution in [3.05, 3.63) is 42.1 Å². The van der Waals surface area contributed by atoms with Crippen molar-refractivity contribution in [2.24, 2.45) is 11.8 Å². The third-order valence-electron chi connectivity index (χ3n) is 5.83. The first-order chi connectivity index (χ1) is 10.8. The molecule has 5 rings (SSSR count). The van der Waals surface area contributed by atoms with E-state index in [1.54, 1.807) is 0 Å². The van der Waals surface area contributed by atoms with E-state index in [1.807, 2.05) is 30.5 Å². The number of hydrogen-bond acceptors (Lipinski definition) is 3. The lowest BCUT2D eigenvalue weighted by molar-refractivity contribution is -0.0562. The number of nitrogens with zero attached hydrogens (tertiary/aromatic N) is 2. The Bertz CT molecular complexity index is 666. The van der Waals surface area contributed by atoms with Gasteiger partial charge in [0.2, 0.25) is 0 Å². The topological polar surface area (TPSA) is 36.4 Å². The molecule has 0 spiro atoms. The van der Waals surface area contributed by atoms with E-state index in [1.165, 1.54) is 12.8 Å². The molecule has 116 valence electrons. The van der Waals surface area contributed by atoms with E-state index in [0.29, 0.717) is 0 Å². The van der Waals surface area contributed by atoms with Gasteiger partial charge in [0.15, 0.2) is 0 Å². The Hall–Kier alpha value is -1.45. The van der Waals surface area contributed by atoms with Gasteiger partial charge in [-0.2, -0.15) is 0 Å². The average molecular weight is 296 g/mol. The van der Waals surface area contributed by atoms with Crippen LogP contribution in [0.25, 0.3) is 10.9 Å². The number of hydrogen-bond donors (Lipinski definition) is 1. The molecule has 5 atom stereocenters. The number of piperidine rings is 3. The van der Waals surface area contributed by atoms with Gasteiger partial charge < -0.3 is 5.11 Å². The molecule has 1 N–H and O–H groups in total. The lowest BCUT2D eigenvalue weighted by Gasteiger charge is -2.51. The van der Waals surface area contributed by atoms with E-state index >= 15 is 0 Å². The molecular weight excluding hydrogens is 272 g/mol. The number of aliphatic hydroxyl groups excluding tert-OH is 1. The van der Waals surface area contributed by atoms with Crippen molar-refractivity contribution in [3.63, 3.8) is 0 Å². The number of aromatic nitrogens is 1. The van der Waals surface area contributed by atoms with Gasteiger partial charge in [-0.25, -0.2) is 0 Å². The van der Waals surface area contributed by atoms with Gasteiger partial charge in [0.05, 0.1) is 11.6 Å². The van der Waals surface area contributed by atoms with Crippen LogP contribution in [-0.4, -0.2) is 34.1 Å². The van der Waals surface area contributed by atoms with E-state index in [4.69, 9.17) is 0 Å². The number of benzene rings is 1. The molecule has 1 unspecified atom stereocenters. The molecule has 0 aliphatic carbocycles. The summed E-state index contributed by atoms with van der Waals surface area (Å²) in [5, 5.41) is 12.1. The maximum Gasteiger partial charge on any atom is 0.0952 e. The van der Waals surface area contributed by atoms with Gasteiger partial charge in [0, 0.05) is 24.2 Å². The van der Waals surface area contributed by atoms with E-state index in [9.17, 15) is 5.11 Å². The third kappa shape index (κ3) is 2.24. The van der Waals surface area contributed by atoms with Crippen LogP contribution in [0.4, 0.5) is 0 Å². The largest absolute Gasteiger partial charge is 0.387 e. The summed E-state index contributed by atoms with van der Waals surface area (Å²) in [6, 6.07) is 10.4. The van der Waals surface area contributed by atoms with Crippen molar-refractivity contribution in [1.29, 1.82) is 0 Å². The minimum Gasteiger partial charge on any atom is -0.387 e. The average Bonchev–Trinajstić information content (AvgIpc) is 2.60. The van der Waals surface area contributed by atoms with Crippen molar-refractivity contribution < 1.29 is 5.11 Å². The number of pyridine rings is 1. The highest BCUT2D eigenvalue weighted by atomic mass is 16.3. The standard InChI is InChI=1S/C19H24N2O/c1-2-13-12-21-10-8-14(13)11-18(21)19(22)16-7-9-20-17-6-4-3-5-15(16)17/h3-7,9,13-14,18-19,22H,2,8,10-12H2,1H3/t13-,14+,18+,19+/m0/s1. The van der Waals surface area contributed by atoms with Gasteiger partial charge >= 0.3 is 0 Å². The summed E-state index contributed by atoms with van der Waals surface area (Å²) in [4.78, 5) is 6.94. The summed E-state index contributed by atoms with van der Waals surface area (Å²) in [7, 11) is 0. The van der Waals surface area contributed by atoms with Crippen molar-refractivity contribution >= 4 is 10.9 Å². The third-order valence-corrected chi connectivity index (χ3v) is 5.83. The van der Waals surface area contributed by atoms with Crippen LogP contribution in [0.2, 0.25) is 0 Å². The molecule has 3 saturated heterocycles. The molecule has 2 bridgehead atoms. The van der Waals surface area contributed by atoms with Crippen LogP contribution in [0.3, 0.4) is 0 Å². The molecule has 3 aliphatic rings. The van der Waals surface area contributed by atoms with Gasteiger partial charge in [0.1, 0.15) is 0 Å². The number of fused-ring (bicyclic) bond motifs is 4. The van der Waals surface area contributed by atoms with Crippen LogP contribution in [-0.2, 0) is 0 Å². The van der Waals surface area contributed by atoms with Crippen molar-refractivity contribution in [3.8, 4) is 0 Å². The summed E-state index contributed by atoms with van der Waals surface area (Å²) in [5.41, 5.74) is 2.01. The first-order valence-electron chi connectivity index (χ1n) is 8.53. The Kier molecular flexibility index (Phi) is 3.63. The Morgan fingerprint density at radius 1 is 1.32 bits per heavy atom. The summed E-state index contributed by atoms with van der Waals surface area (Å²) in [5.74, 6) is 1.62. The highest BCUT2D eigenvalue weighted by Crippen LogP contribution is 2.42.